The molecule has 1 aromatic rings. The Morgan fingerprint density at radius 3 is 3.27 bits per heavy atom. The molecule has 2 rings (SSSR count). The number of aryl methyl sites for hydroxylation is 1. The number of carbonyl (C=O) groups excluding carboxylic acids is 1. The molecule has 0 spiro atoms. The minimum Gasteiger partial charge on any atom is -0.443 e. The van der Waals surface area contributed by atoms with Crippen LogP contribution in [-0.4, -0.2) is 16.3 Å². The van der Waals surface area contributed by atoms with Crippen molar-refractivity contribution in [2.75, 3.05) is 5.32 Å². The number of hydrogen-bond acceptors (Lipinski definition) is 3. The molecule has 0 unspecified atom stereocenters. The van der Waals surface area contributed by atoms with E-state index >= 15 is 0 Å². The van der Waals surface area contributed by atoms with Crippen LogP contribution in [0.3, 0.4) is 0 Å². The number of anilines is 1. The molecular weight excluding hydrogens is 146 g/mol. The summed E-state index contributed by atoms with van der Waals surface area (Å²) >= 11 is 0. The summed E-state index contributed by atoms with van der Waals surface area (Å²) in [5, 5.41) is 9.23. The van der Waals surface area contributed by atoms with Crippen LogP contribution in [0, 0.1) is 6.92 Å². The van der Waals surface area contributed by atoms with Gasteiger partial charge in [0.15, 0.2) is 0 Å². The molecule has 0 saturated carbocycles. The average Bonchev–Trinajstić information content (AvgIpc) is 2.33. The maximum atomic E-state index is 10.7. The highest BCUT2D eigenvalue weighted by molar-refractivity contribution is 5.87. The number of nitrogens with zero attached hydrogens (tertiary/aromatic N) is 1. The van der Waals surface area contributed by atoms with Crippen molar-refractivity contribution < 1.29 is 9.53 Å². The van der Waals surface area contributed by atoms with Gasteiger partial charge in [-0.25, -0.2) is 4.79 Å². The van der Waals surface area contributed by atoms with Gasteiger partial charge in [-0.2, -0.15) is 5.10 Å². The van der Waals surface area contributed by atoms with Crippen molar-refractivity contribution in [1.82, 2.24) is 10.2 Å². The standard InChI is InChI=1S/C6H7N3O2/c1-3-5-4(9-8-3)2-11-6(10)7-5/h2H2,1H3,(H,7,10)(H,8,9). The third kappa shape index (κ3) is 0.849. The van der Waals surface area contributed by atoms with Crippen LogP contribution in [0.5, 0.6) is 0 Å². The van der Waals surface area contributed by atoms with Gasteiger partial charge in [-0.1, -0.05) is 0 Å². The summed E-state index contributed by atoms with van der Waals surface area (Å²) in [6.45, 7) is 2.10. The van der Waals surface area contributed by atoms with Gasteiger partial charge in [0.25, 0.3) is 0 Å². The van der Waals surface area contributed by atoms with Crippen LogP contribution >= 0.6 is 0 Å². The van der Waals surface area contributed by atoms with Gasteiger partial charge in [0.1, 0.15) is 12.3 Å². The van der Waals surface area contributed by atoms with Gasteiger partial charge in [0.05, 0.1) is 11.4 Å². The monoisotopic (exact) mass is 153 g/mol. The predicted molar refractivity (Wildman–Crippen MR) is 37.1 cm³/mol. The summed E-state index contributed by atoms with van der Waals surface area (Å²) in [4.78, 5) is 10.7. The van der Waals surface area contributed by atoms with E-state index in [0.29, 0.717) is 0 Å². The van der Waals surface area contributed by atoms with E-state index in [1.54, 1.807) is 0 Å². The van der Waals surface area contributed by atoms with E-state index in [1.807, 2.05) is 6.92 Å². The summed E-state index contributed by atoms with van der Waals surface area (Å²) < 4.78 is 4.69. The summed E-state index contributed by atoms with van der Waals surface area (Å²) in [6.07, 6.45) is -0.415. The van der Waals surface area contributed by atoms with Gasteiger partial charge in [-0.05, 0) is 6.92 Å². The molecule has 5 nitrogen and oxygen atoms in total. The minimum atomic E-state index is -0.415. The van der Waals surface area contributed by atoms with Crippen molar-refractivity contribution in [2.45, 2.75) is 13.5 Å². The van der Waals surface area contributed by atoms with Crippen LogP contribution < -0.4 is 5.32 Å². The highest BCUT2D eigenvalue weighted by atomic mass is 16.5. The fourth-order valence-corrected chi connectivity index (χ4v) is 1.02. The van der Waals surface area contributed by atoms with Crippen LogP contribution in [-0.2, 0) is 11.3 Å². The lowest BCUT2D eigenvalue weighted by atomic mass is 10.3. The summed E-state index contributed by atoms with van der Waals surface area (Å²) in [5.74, 6) is 0. The van der Waals surface area contributed by atoms with Crippen LogP contribution in [0.4, 0.5) is 10.5 Å². The maximum Gasteiger partial charge on any atom is 0.412 e. The highest BCUT2D eigenvalue weighted by Gasteiger charge is 2.19. The van der Waals surface area contributed by atoms with Crippen LogP contribution in [0.2, 0.25) is 0 Å². The molecular formula is C6H7N3O2. The molecule has 0 radical (unpaired) electrons. The second-order valence-corrected chi connectivity index (χ2v) is 2.37. The van der Waals surface area contributed by atoms with E-state index in [0.717, 1.165) is 17.1 Å². The lowest BCUT2D eigenvalue weighted by molar-refractivity contribution is 0.150. The van der Waals surface area contributed by atoms with E-state index in [-0.39, 0.29) is 6.61 Å². The van der Waals surface area contributed by atoms with Gasteiger partial charge < -0.3 is 4.74 Å². The lowest BCUT2D eigenvalue weighted by Gasteiger charge is -2.12. The number of amides is 1. The van der Waals surface area contributed by atoms with E-state index in [1.165, 1.54) is 0 Å². The smallest absolute Gasteiger partial charge is 0.412 e. The first kappa shape index (κ1) is 6.21. The number of hydrogen-bond donors (Lipinski definition) is 2. The predicted octanol–water partition coefficient (Wildman–Crippen LogP) is 0.780. The topological polar surface area (TPSA) is 67.0 Å². The van der Waals surface area contributed by atoms with Crippen molar-refractivity contribution in [3.63, 3.8) is 0 Å². The number of aromatic nitrogens is 2. The zero-order valence-electron chi connectivity index (χ0n) is 5.97. The Bertz CT molecular complexity index is 305. The number of fused-ring (bicyclic) bond motifs is 1. The summed E-state index contributed by atoms with van der Waals surface area (Å²) in [6, 6.07) is 0. The molecule has 2 N–H and O–H groups in total. The fraction of sp³-hybridized carbons (Fsp3) is 0.333. The molecule has 0 bridgehead atoms. The van der Waals surface area contributed by atoms with Gasteiger partial charge in [0, 0.05) is 0 Å². The Kier molecular flexibility index (Phi) is 1.12. The third-order valence-electron chi connectivity index (χ3n) is 1.59. The number of aromatic amines is 1. The second-order valence-electron chi connectivity index (χ2n) is 2.37. The van der Waals surface area contributed by atoms with Crippen LogP contribution in [0.25, 0.3) is 0 Å². The van der Waals surface area contributed by atoms with E-state index < -0.39 is 6.09 Å². The van der Waals surface area contributed by atoms with Crippen molar-refractivity contribution in [1.29, 1.82) is 0 Å². The van der Waals surface area contributed by atoms with Crippen molar-refractivity contribution in [3.05, 3.63) is 11.4 Å². The number of rotatable bonds is 0. The third-order valence-corrected chi connectivity index (χ3v) is 1.59. The quantitative estimate of drug-likeness (QED) is 0.578. The lowest BCUT2D eigenvalue weighted by Crippen LogP contribution is -2.19. The molecule has 0 aliphatic carbocycles. The first-order valence-corrected chi connectivity index (χ1v) is 3.25. The Morgan fingerprint density at radius 2 is 2.45 bits per heavy atom. The summed E-state index contributed by atoms with van der Waals surface area (Å²) in [5.41, 5.74) is 2.36. The molecule has 58 valence electrons. The largest absolute Gasteiger partial charge is 0.443 e. The first-order valence-electron chi connectivity index (χ1n) is 3.25. The van der Waals surface area contributed by atoms with Crippen LogP contribution in [0.1, 0.15) is 11.4 Å². The molecule has 0 atom stereocenters. The number of cyclic esters (lactones) is 1. The molecule has 0 saturated heterocycles. The molecule has 11 heavy (non-hydrogen) atoms. The molecule has 1 amide bonds. The van der Waals surface area contributed by atoms with Gasteiger partial charge in [-0.15, -0.1) is 0 Å². The molecule has 2 heterocycles. The maximum absolute atomic E-state index is 10.7. The van der Waals surface area contributed by atoms with E-state index in [2.05, 4.69) is 20.3 Å². The Morgan fingerprint density at radius 1 is 1.64 bits per heavy atom. The Balaban J connectivity index is 2.45. The first-order chi connectivity index (χ1) is 5.27. The zero-order chi connectivity index (χ0) is 7.84. The molecule has 1 aliphatic heterocycles. The molecule has 0 aromatic carbocycles. The summed E-state index contributed by atoms with van der Waals surface area (Å²) in [7, 11) is 0. The van der Waals surface area contributed by atoms with Crippen molar-refractivity contribution >= 4 is 11.8 Å². The van der Waals surface area contributed by atoms with Crippen molar-refractivity contribution in [3.8, 4) is 0 Å². The van der Waals surface area contributed by atoms with Crippen LogP contribution in [0.15, 0.2) is 0 Å². The SMILES string of the molecule is Cc1[nH]nc2c1NC(=O)OC2. The van der Waals surface area contributed by atoms with Gasteiger partial charge in [0.2, 0.25) is 0 Å². The molecule has 1 aromatic heterocycles. The van der Waals surface area contributed by atoms with E-state index in [9.17, 15) is 4.79 Å². The Hall–Kier alpha value is -1.52. The number of nitrogens with one attached hydrogen (secondary N) is 2. The highest BCUT2D eigenvalue weighted by Crippen LogP contribution is 2.21. The van der Waals surface area contributed by atoms with E-state index in [4.69, 9.17) is 0 Å². The fourth-order valence-electron chi connectivity index (χ4n) is 1.02. The Labute approximate surface area is 62.7 Å². The second kappa shape index (κ2) is 1.98. The van der Waals surface area contributed by atoms with Gasteiger partial charge >= 0.3 is 6.09 Å². The average molecular weight is 153 g/mol. The number of H-pyrrole nitrogens is 1. The van der Waals surface area contributed by atoms with Gasteiger partial charge in [-0.3, -0.25) is 10.4 Å². The normalized spacial score (nSPS) is 15.2. The number of carbonyl (C=O) groups is 1. The molecule has 5 heteroatoms. The number of ether oxygens (including phenoxy) is 1. The van der Waals surface area contributed by atoms with Crippen molar-refractivity contribution in [2.24, 2.45) is 0 Å². The molecule has 1 aliphatic rings. The minimum absolute atomic E-state index is 0.255. The molecule has 0 fully saturated rings. The zero-order valence-corrected chi connectivity index (χ0v) is 5.97.